The summed E-state index contributed by atoms with van der Waals surface area (Å²) in [5.74, 6) is 0.216. The van der Waals surface area contributed by atoms with Gasteiger partial charge >= 0.3 is 24.7 Å². The van der Waals surface area contributed by atoms with Gasteiger partial charge in [0.25, 0.3) is 0 Å². The van der Waals surface area contributed by atoms with Gasteiger partial charge in [-0.3, -0.25) is 9.97 Å². The summed E-state index contributed by atoms with van der Waals surface area (Å²) in [6, 6.07) is 17.5. The predicted octanol–water partition coefficient (Wildman–Crippen LogP) is 11.9. The van der Waals surface area contributed by atoms with E-state index >= 15 is 0 Å². The smallest absolute Gasteiger partial charge is 0.384 e. The molecule has 0 spiro atoms. The highest BCUT2D eigenvalue weighted by Gasteiger charge is 2.36. The summed E-state index contributed by atoms with van der Waals surface area (Å²) in [6.07, 6.45) is -11.2. The first-order chi connectivity index (χ1) is 29.6. The Kier molecular flexibility index (Phi) is 12.9. The van der Waals surface area contributed by atoms with Crippen LogP contribution in [0.5, 0.6) is 0 Å². The third kappa shape index (κ3) is 11.2. The van der Waals surface area contributed by atoms with Crippen molar-refractivity contribution in [1.29, 1.82) is 0 Å². The summed E-state index contributed by atoms with van der Waals surface area (Å²) in [7, 11) is 0. The van der Waals surface area contributed by atoms with Crippen molar-refractivity contribution in [2.45, 2.75) is 24.7 Å². The number of hydrogen-bond donors (Lipinski definition) is 2. The van der Waals surface area contributed by atoms with Crippen molar-refractivity contribution in [3.05, 3.63) is 149 Å². The molecule has 8 aromatic rings. The molecule has 0 aliphatic rings. The molecule has 0 unspecified atom stereocenters. The van der Waals surface area contributed by atoms with E-state index in [1.807, 2.05) is 0 Å². The van der Waals surface area contributed by atoms with Crippen LogP contribution in [0.3, 0.4) is 0 Å². The van der Waals surface area contributed by atoms with Gasteiger partial charge < -0.3 is 11.1 Å². The number of fused-ring (bicyclic) bond motifs is 2. The minimum absolute atomic E-state index is 0.0815. The van der Waals surface area contributed by atoms with Gasteiger partial charge in [0.05, 0.1) is 67.8 Å². The summed E-state index contributed by atoms with van der Waals surface area (Å²) in [5, 5.41) is 19.7. The fourth-order valence-corrected chi connectivity index (χ4v) is 5.76. The van der Waals surface area contributed by atoms with E-state index < -0.39 is 47.0 Å². The van der Waals surface area contributed by atoms with Gasteiger partial charge in [0, 0.05) is 46.7 Å². The van der Waals surface area contributed by atoms with E-state index in [0.717, 1.165) is 36.4 Å². The van der Waals surface area contributed by atoms with E-state index in [-0.39, 0.29) is 34.1 Å². The molecule has 3 N–H and O–H groups in total. The van der Waals surface area contributed by atoms with E-state index in [1.165, 1.54) is 67.3 Å². The van der Waals surface area contributed by atoms with Gasteiger partial charge in [-0.25, -0.2) is 9.97 Å². The SMILES string of the molecule is FC(F)(F)c1ccc(Nc2cnnc3cc(-c4ncccc4C(F)(F)F)ccc23)nc1.FC(F)(F)c1cccnc1-c1ccc2c(Cl)cnnc2c1.Nc1ccc(C(F)(F)F)cn1. The molecule has 0 radical (unpaired) electrons. The van der Waals surface area contributed by atoms with Crippen LogP contribution in [0, 0.1) is 0 Å². The monoisotopic (exact) mass is 906 g/mol. The van der Waals surface area contributed by atoms with Gasteiger partial charge in [-0.1, -0.05) is 29.8 Å². The van der Waals surface area contributed by atoms with Crippen molar-refractivity contribution in [3.8, 4) is 22.5 Å². The van der Waals surface area contributed by atoms with Gasteiger partial charge in [-0.15, -0.1) is 0 Å². The summed E-state index contributed by atoms with van der Waals surface area (Å²) in [5.41, 5.74) is 2.91. The Morgan fingerprint density at radius 2 is 0.984 bits per heavy atom. The molecule has 8 rings (SSSR count). The van der Waals surface area contributed by atoms with Crippen LogP contribution >= 0.6 is 11.6 Å². The Morgan fingerprint density at radius 3 is 1.46 bits per heavy atom. The molecular formula is C40H23ClF12N10. The summed E-state index contributed by atoms with van der Waals surface area (Å²) in [4.78, 5) is 14.7. The van der Waals surface area contributed by atoms with Crippen molar-refractivity contribution in [2.24, 2.45) is 0 Å². The van der Waals surface area contributed by atoms with Crippen LogP contribution in [-0.2, 0) is 24.7 Å². The van der Waals surface area contributed by atoms with Crippen LogP contribution in [0.15, 0.2) is 122 Å². The Morgan fingerprint density at radius 1 is 0.492 bits per heavy atom. The number of nitrogens with two attached hydrogens (primary N) is 1. The maximum absolute atomic E-state index is 13.3. The highest BCUT2D eigenvalue weighted by Crippen LogP contribution is 2.39. The van der Waals surface area contributed by atoms with Gasteiger partial charge in [-0.2, -0.15) is 73.1 Å². The number of aromatic nitrogens is 8. The molecule has 0 fully saturated rings. The van der Waals surface area contributed by atoms with Crippen molar-refractivity contribution in [2.75, 3.05) is 11.1 Å². The summed E-state index contributed by atoms with van der Waals surface area (Å²) >= 11 is 5.96. The molecule has 23 heteroatoms. The fraction of sp³-hybridized carbons (Fsp3) is 0.100. The van der Waals surface area contributed by atoms with E-state index in [2.05, 4.69) is 45.6 Å². The highest BCUT2D eigenvalue weighted by molar-refractivity contribution is 6.35. The van der Waals surface area contributed by atoms with Crippen LogP contribution in [0.4, 0.5) is 70.0 Å². The fourth-order valence-electron chi connectivity index (χ4n) is 5.56. The molecule has 324 valence electrons. The van der Waals surface area contributed by atoms with Crippen LogP contribution in [-0.4, -0.2) is 40.3 Å². The quantitative estimate of drug-likeness (QED) is 0.164. The molecule has 0 aliphatic heterocycles. The standard InChI is InChI=1S/C20H11F6N5.C14H7ClF3N3.C6H5F3N2/c21-19(22,23)12-4-6-17(28-9-12)30-16-10-29-31-15-8-11(3-5-13(15)16)18-14(20(24,25)26)2-1-7-27-18;15-11-7-20-21-12-6-8(3-4-9(11)12)13-10(14(16,17)18)2-1-5-19-13;7-6(8,9)4-1-2-5(10)11-3-4/h1-10H,(H,28,30,31);1-7H;1-3H,(H2,10,11). The van der Waals surface area contributed by atoms with Crippen molar-refractivity contribution < 1.29 is 52.7 Å². The van der Waals surface area contributed by atoms with Gasteiger partial charge in [-0.05, 0) is 66.7 Å². The zero-order valence-corrected chi connectivity index (χ0v) is 31.9. The van der Waals surface area contributed by atoms with Gasteiger partial charge in [0.1, 0.15) is 11.6 Å². The number of alkyl halides is 12. The molecule has 0 aliphatic carbocycles. The lowest BCUT2D eigenvalue weighted by atomic mass is 10.0. The average molecular weight is 907 g/mol. The van der Waals surface area contributed by atoms with Crippen LogP contribution in [0.25, 0.3) is 44.3 Å². The largest absolute Gasteiger partial charge is 0.418 e. The van der Waals surface area contributed by atoms with Crippen molar-refractivity contribution in [3.63, 3.8) is 0 Å². The van der Waals surface area contributed by atoms with Crippen LogP contribution < -0.4 is 11.1 Å². The zero-order valence-electron chi connectivity index (χ0n) is 31.1. The number of halogens is 13. The van der Waals surface area contributed by atoms with Gasteiger partial charge in [0.2, 0.25) is 0 Å². The average Bonchev–Trinajstić information content (AvgIpc) is 3.23. The highest BCUT2D eigenvalue weighted by atomic mass is 35.5. The number of rotatable bonds is 4. The minimum Gasteiger partial charge on any atom is -0.384 e. The number of nitrogen functional groups attached to an aromatic ring is 1. The maximum Gasteiger partial charge on any atom is 0.418 e. The van der Waals surface area contributed by atoms with E-state index in [4.69, 9.17) is 17.3 Å². The number of pyridine rings is 4. The lowest BCUT2D eigenvalue weighted by Gasteiger charge is -2.13. The third-order valence-corrected chi connectivity index (χ3v) is 8.77. The first kappa shape index (κ1) is 45.3. The second kappa shape index (κ2) is 18.0. The normalized spacial score (nSPS) is 12.0. The molecule has 0 amide bonds. The second-order valence-electron chi connectivity index (χ2n) is 12.7. The molecule has 10 nitrogen and oxygen atoms in total. The van der Waals surface area contributed by atoms with E-state index in [1.54, 1.807) is 6.07 Å². The molecule has 2 aromatic carbocycles. The van der Waals surface area contributed by atoms with Crippen molar-refractivity contribution >= 4 is 50.7 Å². The number of hydrogen-bond acceptors (Lipinski definition) is 10. The molecule has 6 heterocycles. The predicted molar refractivity (Wildman–Crippen MR) is 207 cm³/mol. The third-order valence-electron chi connectivity index (χ3n) is 8.47. The molecular weight excluding hydrogens is 884 g/mol. The number of nitrogens with one attached hydrogen (secondary N) is 1. The number of nitrogens with zero attached hydrogens (tertiary/aromatic N) is 8. The first-order valence-electron chi connectivity index (χ1n) is 17.4. The number of anilines is 3. The summed E-state index contributed by atoms with van der Waals surface area (Å²) in [6.45, 7) is 0. The zero-order chi connectivity index (χ0) is 45.7. The minimum atomic E-state index is -4.58. The molecule has 6 aromatic heterocycles. The Balaban J connectivity index is 0.000000177. The maximum atomic E-state index is 13.3. The lowest BCUT2D eigenvalue weighted by Crippen LogP contribution is -2.08. The molecule has 0 saturated carbocycles. The number of benzene rings is 2. The summed E-state index contributed by atoms with van der Waals surface area (Å²) < 4.78 is 153. The Hall–Kier alpha value is -7.23. The second-order valence-corrected chi connectivity index (χ2v) is 13.1. The first-order valence-corrected chi connectivity index (χ1v) is 17.8. The molecule has 0 atom stereocenters. The van der Waals surface area contributed by atoms with E-state index in [9.17, 15) is 52.7 Å². The van der Waals surface area contributed by atoms with Gasteiger partial charge in [0.15, 0.2) is 0 Å². The Labute approximate surface area is 350 Å². The topological polar surface area (TPSA) is 141 Å². The van der Waals surface area contributed by atoms with E-state index in [0.29, 0.717) is 45.0 Å². The van der Waals surface area contributed by atoms with Crippen molar-refractivity contribution in [1.82, 2.24) is 40.3 Å². The molecule has 0 saturated heterocycles. The lowest BCUT2D eigenvalue weighted by molar-refractivity contribution is -0.138. The van der Waals surface area contributed by atoms with Crippen LogP contribution in [0.2, 0.25) is 5.02 Å². The Bertz CT molecular complexity index is 2850. The van der Waals surface area contributed by atoms with Crippen LogP contribution in [0.1, 0.15) is 22.3 Å². The molecule has 0 bridgehead atoms. The molecule has 63 heavy (non-hydrogen) atoms.